The lowest BCUT2D eigenvalue weighted by molar-refractivity contribution is -0.116. The van der Waals surface area contributed by atoms with Gasteiger partial charge in [-0.15, -0.1) is 0 Å². The molecule has 2 aliphatic rings. The molecule has 2 saturated heterocycles. The van der Waals surface area contributed by atoms with Crippen LogP contribution in [0.25, 0.3) is 0 Å². The van der Waals surface area contributed by atoms with Gasteiger partial charge < -0.3 is 5.32 Å². The van der Waals surface area contributed by atoms with Crippen LogP contribution in [-0.4, -0.2) is 49.1 Å². The molecule has 1 unspecified atom stereocenters. The molecule has 7 nitrogen and oxygen atoms in total. The standard InChI is InChI=1S/C5H8N2O5S/c8-4-5(12-13(9,10)11)3-6-1-2-7(4)5/h6H,1-3H2,(H,9,10,11). The quantitative estimate of drug-likeness (QED) is 0.400. The molecule has 0 aliphatic carbocycles. The van der Waals surface area contributed by atoms with Gasteiger partial charge in [-0.2, -0.15) is 8.42 Å². The van der Waals surface area contributed by atoms with E-state index in [-0.39, 0.29) is 6.54 Å². The normalized spacial score (nSPS) is 33.0. The molecule has 2 N–H and O–H groups in total. The summed E-state index contributed by atoms with van der Waals surface area (Å²) >= 11 is 0. The smallest absolute Gasteiger partial charge is 0.310 e. The number of piperazine rings is 1. The van der Waals surface area contributed by atoms with Crippen molar-refractivity contribution < 1.29 is 21.9 Å². The van der Waals surface area contributed by atoms with E-state index < -0.39 is 22.0 Å². The molecule has 74 valence electrons. The number of rotatable bonds is 2. The maximum absolute atomic E-state index is 11.1. The highest BCUT2D eigenvalue weighted by Gasteiger charge is 2.67. The summed E-state index contributed by atoms with van der Waals surface area (Å²) in [6.07, 6.45) is 0. The molecular formula is C5H8N2O5S. The first-order valence-corrected chi connectivity index (χ1v) is 5.03. The van der Waals surface area contributed by atoms with Gasteiger partial charge in [0.1, 0.15) is 0 Å². The molecule has 2 fully saturated rings. The van der Waals surface area contributed by atoms with Gasteiger partial charge in [0, 0.05) is 13.1 Å². The molecule has 2 rings (SSSR count). The predicted octanol–water partition coefficient (Wildman–Crippen LogP) is -2.05. The van der Waals surface area contributed by atoms with Gasteiger partial charge in [-0.05, 0) is 0 Å². The number of hydrogen-bond acceptors (Lipinski definition) is 5. The van der Waals surface area contributed by atoms with Gasteiger partial charge in [0.25, 0.3) is 11.6 Å². The monoisotopic (exact) mass is 208 g/mol. The number of fused-ring (bicyclic) bond motifs is 1. The van der Waals surface area contributed by atoms with Gasteiger partial charge in [-0.1, -0.05) is 0 Å². The van der Waals surface area contributed by atoms with E-state index in [0.717, 1.165) is 0 Å². The van der Waals surface area contributed by atoms with Crippen LogP contribution in [0.3, 0.4) is 0 Å². The fourth-order valence-electron chi connectivity index (χ4n) is 1.48. The van der Waals surface area contributed by atoms with Crippen LogP contribution in [0.2, 0.25) is 0 Å². The van der Waals surface area contributed by atoms with Crippen LogP contribution < -0.4 is 5.32 Å². The Hall–Kier alpha value is -0.700. The van der Waals surface area contributed by atoms with Crippen molar-refractivity contribution >= 4 is 16.3 Å². The molecule has 0 saturated carbocycles. The minimum Gasteiger partial charge on any atom is -0.310 e. The second kappa shape index (κ2) is 2.41. The summed E-state index contributed by atoms with van der Waals surface area (Å²) < 4.78 is 33.5. The van der Waals surface area contributed by atoms with Crippen molar-refractivity contribution in [3.05, 3.63) is 0 Å². The largest absolute Gasteiger partial charge is 0.400 e. The summed E-state index contributed by atoms with van der Waals surface area (Å²) in [5.74, 6) is -0.407. The summed E-state index contributed by atoms with van der Waals surface area (Å²) in [6, 6.07) is 0. The van der Waals surface area contributed by atoms with E-state index in [0.29, 0.717) is 13.1 Å². The van der Waals surface area contributed by atoms with Crippen molar-refractivity contribution in [3.8, 4) is 0 Å². The Morgan fingerprint density at radius 2 is 2.31 bits per heavy atom. The first kappa shape index (κ1) is 8.88. The van der Waals surface area contributed by atoms with Gasteiger partial charge in [0.15, 0.2) is 0 Å². The van der Waals surface area contributed by atoms with Crippen molar-refractivity contribution in [2.45, 2.75) is 5.72 Å². The summed E-state index contributed by atoms with van der Waals surface area (Å²) in [5, 5.41) is 2.81. The lowest BCUT2D eigenvalue weighted by atomic mass is 10.3. The van der Waals surface area contributed by atoms with E-state index >= 15 is 0 Å². The molecule has 0 radical (unpaired) electrons. The molecule has 2 aliphatic heterocycles. The Labute approximate surface area is 74.6 Å². The topological polar surface area (TPSA) is 95.7 Å². The second-order valence-electron chi connectivity index (χ2n) is 2.93. The van der Waals surface area contributed by atoms with Crippen molar-refractivity contribution in [1.29, 1.82) is 0 Å². The maximum atomic E-state index is 11.1. The van der Waals surface area contributed by atoms with Gasteiger partial charge >= 0.3 is 10.4 Å². The second-order valence-corrected chi connectivity index (χ2v) is 3.95. The van der Waals surface area contributed by atoms with Crippen molar-refractivity contribution in [2.24, 2.45) is 0 Å². The molecule has 13 heavy (non-hydrogen) atoms. The summed E-state index contributed by atoms with van der Waals surface area (Å²) in [4.78, 5) is 12.4. The fourth-order valence-corrected chi connectivity index (χ4v) is 2.05. The first-order valence-electron chi connectivity index (χ1n) is 3.66. The number of carbonyl (C=O) groups excluding carboxylic acids is 1. The number of carbonyl (C=O) groups is 1. The zero-order chi connectivity index (χ0) is 9.69. The zero-order valence-electron chi connectivity index (χ0n) is 6.56. The van der Waals surface area contributed by atoms with Crippen LogP contribution in [0, 0.1) is 0 Å². The fraction of sp³-hybridized carbons (Fsp3) is 0.800. The van der Waals surface area contributed by atoms with E-state index in [9.17, 15) is 13.2 Å². The molecule has 8 heteroatoms. The van der Waals surface area contributed by atoms with Crippen molar-refractivity contribution in [2.75, 3.05) is 19.6 Å². The van der Waals surface area contributed by atoms with Crippen LogP contribution in [0.15, 0.2) is 0 Å². The molecule has 2 heterocycles. The van der Waals surface area contributed by atoms with Crippen LogP contribution in [0.1, 0.15) is 0 Å². The predicted molar refractivity (Wildman–Crippen MR) is 39.9 cm³/mol. The van der Waals surface area contributed by atoms with E-state index in [1.54, 1.807) is 0 Å². The summed E-state index contributed by atoms with van der Waals surface area (Å²) in [5.41, 5.74) is -1.47. The third kappa shape index (κ3) is 1.31. The molecule has 0 spiro atoms. The van der Waals surface area contributed by atoms with Crippen LogP contribution in [0.5, 0.6) is 0 Å². The van der Waals surface area contributed by atoms with E-state index in [1.807, 2.05) is 0 Å². The van der Waals surface area contributed by atoms with Gasteiger partial charge in [-0.3, -0.25) is 14.2 Å². The number of amides is 1. The van der Waals surface area contributed by atoms with Gasteiger partial charge in [0.2, 0.25) is 0 Å². The Morgan fingerprint density at radius 3 is 2.85 bits per heavy atom. The molecule has 0 aromatic carbocycles. The molecule has 0 aromatic rings. The number of nitrogens with zero attached hydrogens (tertiary/aromatic N) is 1. The lowest BCUT2D eigenvalue weighted by Gasteiger charge is -2.19. The van der Waals surface area contributed by atoms with Crippen LogP contribution >= 0.6 is 0 Å². The molecular weight excluding hydrogens is 200 g/mol. The SMILES string of the molecule is O=C1N2CCNCC12OS(=O)(=O)O. The van der Waals surface area contributed by atoms with Crippen LogP contribution in [0.4, 0.5) is 0 Å². The zero-order valence-corrected chi connectivity index (χ0v) is 7.37. The van der Waals surface area contributed by atoms with E-state index in [4.69, 9.17) is 4.55 Å². The van der Waals surface area contributed by atoms with Gasteiger partial charge in [0.05, 0.1) is 6.54 Å². The average Bonchev–Trinajstić information content (AvgIpc) is 2.54. The van der Waals surface area contributed by atoms with E-state index in [1.165, 1.54) is 4.90 Å². The number of nitrogens with one attached hydrogen (secondary N) is 1. The molecule has 1 amide bonds. The Bertz CT molecular complexity index is 352. The minimum absolute atomic E-state index is 0.0889. The van der Waals surface area contributed by atoms with E-state index in [2.05, 4.69) is 9.50 Å². The van der Waals surface area contributed by atoms with Gasteiger partial charge in [-0.25, -0.2) is 4.18 Å². The summed E-state index contributed by atoms with van der Waals surface area (Å²) in [7, 11) is -4.58. The summed E-state index contributed by atoms with van der Waals surface area (Å²) in [6.45, 7) is 1.09. The minimum atomic E-state index is -4.58. The molecule has 1 atom stereocenters. The molecule has 0 bridgehead atoms. The lowest BCUT2D eigenvalue weighted by Crippen LogP contribution is -2.44. The Kier molecular flexibility index (Phi) is 1.65. The first-order chi connectivity index (χ1) is 5.96. The average molecular weight is 208 g/mol. The third-order valence-corrected chi connectivity index (χ3v) is 2.57. The van der Waals surface area contributed by atoms with Crippen molar-refractivity contribution in [1.82, 2.24) is 10.2 Å². The third-order valence-electron chi connectivity index (χ3n) is 2.09. The van der Waals surface area contributed by atoms with Crippen LogP contribution in [-0.2, 0) is 19.4 Å². The highest BCUT2D eigenvalue weighted by atomic mass is 32.3. The highest BCUT2D eigenvalue weighted by molar-refractivity contribution is 7.81. The number of hydrogen-bond donors (Lipinski definition) is 2. The highest BCUT2D eigenvalue weighted by Crippen LogP contribution is 2.37. The molecule has 0 aromatic heterocycles. The van der Waals surface area contributed by atoms with Crippen molar-refractivity contribution in [3.63, 3.8) is 0 Å². The Balaban J connectivity index is 2.18. The Morgan fingerprint density at radius 1 is 1.62 bits per heavy atom. The maximum Gasteiger partial charge on any atom is 0.400 e.